The van der Waals surface area contributed by atoms with Crippen molar-refractivity contribution < 1.29 is 8.78 Å². The van der Waals surface area contributed by atoms with Crippen molar-refractivity contribution >= 4 is 0 Å². The maximum Gasteiger partial charge on any atom is 0.280 e. The number of alkyl halides is 2. The van der Waals surface area contributed by atoms with Crippen molar-refractivity contribution in [3.8, 4) is 0 Å². The molecule has 1 heterocycles. The van der Waals surface area contributed by atoms with Crippen LogP contribution in [0, 0.1) is 0 Å². The average molecular weight is 174 g/mol. The fourth-order valence-corrected chi connectivity index (χ4v) is 0.808. The Morgan fingerprint density at radius 2 is 2.33 bits per heavy atom. The van der Waals surface area contributed by atoms with Gasteiger partial charge in [-0.15, -0.1) is 0 Å². The van der Waals surface area contributed by atoms with Crippen LogP contribution in [0.5, 0.6) is 0 Å². The Morgan fingerprint density at radius 1 is 1.67 bits per heavy atom. The molecular formula is C7H8F2N2O. The van der Waals surface area contributed by atoms with Gasteiger partial charge in [-0.3, -0.25) is 4.79 Å². The molecule has 0 spiro atoms. The van der Waals surface area contributed by atoms with Crippen molar-refractivity contribution in [2.45, 2.75) is 19.8 Å². The van der Waals surface area contributed by atoms with Gasteiger partial charge in [0.15, 0.2) is 0 Å². The van der Waals surface area contributed by atoms with Crippen LogP contribution in [0.4, 0.5) is 8.78 Å². The van der Waals surface area contributed by atoms with E-state index >= 15 is 0 Å². The van der Waals surface area contributed by atoms with Crippen LogP contribution in [-0.4, -0.2) is 9.97 Å². The molecule has 0 fully saturated rings. The zero-order chi connectivity index (χ0) is 9.14. The molecule has 0 aromatic carbocycles. The van der Waals surface area contributed by atoms with E-state index in [1.165, 1.54) is 0 Å². The summed E-state index contributed by atoms with van der Waals surface area (Å²) in [5.74, 6) is 0.290. The average Bonchev–Trinajstić information content (AvgIpc) is 2.03. The van der Waals surface area contributed by atoms with Crippen LogP contribution < -0.4 is 5.56 Å². The van der Waals surface area contributed by atoms with E-state index in [-0.39, 0.29) is 5.82 Å². The summed E-state index contributed by atoms with van der Waals surface area (Å²) in [4.78, 5) is 16.6. The number of rotatable bonds is 2. The zero-order valence-electron chi connectivity index (χ0n) is 6.47. The van der Waals surface area contributed by atoms with Gasteiger partial charge < -0.3 is 4.98 Å². The molecule has 0 aliphatic rings. The highest BCUT2D eigenvalue weighted by atomic mass is 19.3. The molecule has 3 nitrogen and oxygen atoms in total. The molecule has 0 saturated heterocycles. The second kappa shape index (κ2) is 3.42. The molecule has 0 unspecified atom stereocenters. The van der Waals surface area contributed by atoms with E-state index < -0.39 is 17.7 Å². The minimum Gasteiger partial charge on any atom is -0.311 e. The fraction of sp³-hybridized carbons (Fsp3) is 0.429. The van der Waals surface area contributed by atoms with Crippen LogP contribution in [0.15, 0.2) is 10.9 Å². The summed E-state index contributed by atoms with van der Waals surface area (Å²) in [6.45, 7) is 1.73. The number of nitrogens with zero attached hydrogens (tertiary/aromatic N) is 1. The SMILES string of the molecule is CCc1nc(C(F)F)cc(=O)[nH]1. The van der Waals surface area contributed by atoms with Crippen LogP contribution in [0.2, 0.25) is 0 Å². The lowest BCUT2D eigenvalue weighted by Gasteiger charge is -1.99. The van der Waals surface area contributed by atoms with E-state index in [0.29, 0.717) is 6.42 Å². The molecule has 12 heavy (non-hydrogen) atoms. The van der Waals surface area contributed by atoms with Gasteiger partial charge in [-0.1, -0.05) is 6.92 Å². The number of aromatic amines is 1. The molecule has 66 valence electrons. The van der Waals surface area contributed by atoms with Gasteiger partial charge in [0.05, 0.1) is 0 Å². The van der Waals surface area contributed by atoms with E-state index in [1.807, 2.05) is 0 Å². The first kappa shape index (κ1) is 8.83. The summed E-state index contributed by atoms with van der Waals surface area (Å²) in [6, 6.07) is 0.809. The third kappa shape index (κ3) is 1.87. The van der Waals surface area contributed by atoms with Gasteiger partial charge in [0.1, 0.15) is 11.5 Å². The highest BCUT2D eigenvalue weighted by molar-refractivity contribution is 5.03. The molecule has 0 saturated carbocycles. The van der Waals surface area contributed by atoms with E-state index in [2.05, 4.69) is 9.97 Å². The Labute approximate surface area is 67.5 Å². The Bertz CT molecular complexity index is 321. The lowest BCUT2D eigenvalue weighted by Crippen LogP contribution is -2.12. The van der Waals surface area contributed by atoms with E-state index in [9.17, 15) is 13.6 Å². The van der Waals surface area contributed by atoms with E-state index in [0.717, 1.165) is 6.07 Å². The molecule has 0 amide bonds. The molecule has 1 aromatic heterocycles. The number of nitrogens with one attached hydrogen (secondary N) is 1. The molecule has 0 radical (unpaired) electrons. The number of aromatic nitrogens is 2. The summed E-state index contributed by atoms with van der Waals surface area (Å²) in [7, 11) is 0. The Balaban J connectivity index is 3.15. The van der Waals surface area contributed by atoms with Gasteiger partial charge in [0, 0.05) is 12.5 Å². The molecule has 1 rings (SSSR count). The quantitative estimate of drug-likeness (QED) is 0.733. The largest absolute Gasteiger partial charge is 0.311 e. The Morgan fingerprint density at radius 3 is 2.83 bits per heavy atom. The van der Waals surface area contributed by atoms with Crippen LogP contribution in [0.25, 0.3) is 0 Å². The summed E-state index contributed by atoms with van der Waals surface area (Å²) in [6.07, 6.45) is -2.24. The molecule has 5 heteroatoms. The van der Waals surface area contributed by atoms with Crippen molar-refractivity contribution in [2.75, 3.05) is 0 Å². The fourth-order valence-electron chi connectivity index (χ4n) is 0.808. The molecule has 1 aromatic rings. The van der Waals surface area contributed by atoms with Gasteiger partial charge in [-0.2, -0.15) is 0 Å². The summed E-state index contributed by atoms with van der Waals surface area (Å²) >= 11 is 0. The minimum atomic E-state index is -2.68. The molecule has 0 aliphatic carbocycles. The normalized spacial score (nSPS) is 10.7. The van der Waals surface area contributed by atoms with Gasteiger partial charge >= 0.3 is 0 Å². The molecule has 0 aliphatic heterocycles. The van der Waals surface area contributed by atoms with Gasteiger partial charge in [-0.05, 0) is 0 Å². The number of hydrogen-bond acceptors (Lipinski definition) is 2. The summed E-state index contributed by atoms with van der Waals surface area (Å²) < 4.78 is 24.1. The van der Waals surface area contributed by atoms with Crippen molar-refractivity contribution in [1.29, 1.82) is 0 Å². The monoisotopic (exact) mass is 174 g/mol. The summed E-state index contributed by atoms with van der Waals surface area (Å²) in [5.41, 5.74) is -0.993. The van der Waals surface area contributed by atoms with Gasteiger partial charge in [-0.25, -0.2) is 13.8 Å². The predicted octanol–water partition coefficient (Wildman–Crippen LogP) is 1.27. The minimum absolute atomic E-state index is 0.290. The second-order valence-corrected chi connectivity index (χ2v) is 2.27. The number of H-pyrrole nitrogens is 1. The van der Waals surface area contributed by atoms with Crippen molar-refractivity contribution in [3.63, 3.8) is 0 Å². The maximum absolute atomic E-state index is 12.0. The lowest BCUT2D eigenvalue weighted by molar-refractivity contribution is 0.145. The van der Waals surface area contributed by atoms with Crippen molar-refractivity contribution in [1.82, 2.24) is 9.97 Å². The first-order chi connectivity index (χ1) is 5.63. The highest BCUT2D eigenvalue weighted by Crippen LogP contribution is 2.13. The molecule has 1 N–H and O–H groups in total. The molecule has 0 bridgehead atoms. The maximum atomic E-state index is 12.0. The summed E-state index contributed by atoms with van der Waals surface area (Å²) in [5, 5.41) is 0. The number of hydrogen-bond donors (Lipinski definition) is 1. The Hall–Kier alpha value is -1.26. The number of halogens is 2. The first-order valence-corrected chi connectivity index (χ1v) is 3.51. The molecular weight excluding hydrogens is 166 g/mol. The van der Waals surface area contributed by atoms with Crippen LogP contribution in [0.1, 0.15) is 24.9 Å². The highest BCUT2D eigenvalue weighted by Gasteiger charge is 2.10. The zero-order valence-corrected chi connectivity index (χ0v) is 6.47. The smallest absolute Gasteiger partial charge is 0.280 e. The van der Waals surface area contributed by atoms with Crippen LogP contribution in [0.3, 0.4) is 0 Å². The van der Waals surface area contributed by atoms with Crippen LogP contribution >= 0.6 is 0 Å². The van der Waals surface area contributed by atoms with Crippen LogP contribution in [-0.2, 0) is 6.42 Å². The van der Waals surface area contributed by atoms with Gasteiger partial charge in [0.2, 0.25) is 0 Å². The number of aryl methyl sites for hydroxylation is 1. The van der Waals surface area contributed by atoms with E-state index in [1.54, 1.807) is 6.92 Å². The van der Waals surface area contributed by atoms with Crippen molar-refractivity contribution in [2.24, 2.45) is 0 Å². The first-order valence-electron chi connectivity index (χ1n) is 3.51. The predicted molar refractivity (Wildman–Crippen MR) is 39.2 cm³/mol. The third-order valence-electron chi connectivity index (χ3n) is 1.37. The van der Waals surface area contributed by atoms with Crippen molar-refractivity contribution in [3.05, 3.63) is 27.9 Å². The topological polar surface area (TPSA) is 45.8 Å². The standard InChI is InChI=1S/C7H8F2N2O/c1-2-5-10-4(7(8)9)3-6(12)11-5/h3,7H,2H2,1H3,(H,10,11,12). The molecule has 0 atom stereocenters. The third-order valence-corrected chi connectivity index (χ3v) is 1.37. The Kier molecular flexibility index (Phi) is 2.52. The van der Waals surface area contributed by atoms with Gasteiger partial charge in [0.25, 0.3) is 12.0 Å². The lowest BCUT2D eigenvalue weighted by atomic mass is 10.4. The van der Waals surface area contributed by atoms with E-state index in [4.69, 9.17) is 0 Å². The second-order valence-electron chi connectivity index (χ2n) is 2.27.